The predicted octanol–water partition coefficient (Wildman–Crippen LogP) is 1.83. The van der Waals surface area contributed by atoms with Crippen molar-refractivity contribution in [1.29, 1.82) is 0 Å². The summed E-state index contributed by atoms with van der Waals surface area (Å²) in [5.74, 6) is 3.11. The van der Waals surface area contributed by atoms with Crippen molar-refractivity contribution in [3.8, 4) is 11.8 Å². The van der Waals surface area contributed by atoms with Crippen molar-refractivity contribution in [3.63, 3.8) is 0 Å². The fourth-order valence-corrected chi connectivity index (χ4v) is 2.69. The molecule has 0 radical (unpaired) electrons. The Morgan fingerprint density at radius 1 is 1.28 bits per heavy atom. The van der Waals surface area contributed by atoms with Crippen LogP contribution in [0.3, 0.4) is 0 Å². The summed E-state index contributed by atoms with van der Waals surface area (Å²) in [6, 6.07) is 0. The van der Waals surface area contributed by atoms with Gasteiger partial charge in [0.15, 0.2) is 0 Å². The molecule has 18 heavy (non-hydrogen) atoms. The standard InChI is InChI=1S/C14H18O4/c1-14(2)10(12(14)13(16)17)7-8-11(15)18-9-5-3-4-6-9/h9-10,12H,3-6H2,1-2H3,(H,16,17)/t10-,12-/m0/s1. The maximum absolute atomic E-state index is 11.5. The second-order valence-electron chi connectivity index (χ2n) is 5.70. The summed E-state index contributed by atoms with van der Waals surface area (Å²) in [5, 5.41) is 8.97. The highest BCUT2D eigenvalue weighted by Gasteiger charge is 2.61. The van der Waals surface area contributed by atoms with E-state index in [4.69, 9.17) is 9.84 Å². The summed E-state index contributed by atoms with van der Waals surface area (Å²) in [4.78, 5) is 22.4. The third kappa shape index (κ3) is 2.50. The number of rotatable bonds is 2. The van der Waals surface area contributed by atoms with Crippen LogP contribution in [0.25, 0.3) is 0 Å². The summed E-state index contributed by atoms with van der Waals surface area (Å²) in [5.41, 5.74) is -0.341. The Hall–Kier alpha value is -1.50. The van der Waals surface area contributed by atoms with Crippen molar-refractivity contribution < 1.29 is 19.4 Å². The third-order valence-corrected chi connectivity index (χ3v) is 4.00. The highest BCUT2D eigenvalue weighted by molar-refractivity contribution is 5.89. The van der Waals surface area contributed by atoms with E-state index in [1.807, 2.05) is 13.8 Å². The van der Waals surface area contributed by atoms with E-state index in [1.54, 1.807) is 0 Å². The molecule has 0 saturated heterocycles. The average molecular weight is 250 g/mol. The molecule has 0 heterocycles. The van der Waals surface area contributed by atoms with Gasteiger partial charge in [-0.25, -0.2) is 4.79 Å². The van der Waals surface area contributed by atoms with Crippen molar-refractivity contribution in [2.45, 2.75) is 45.6 Å². The van der Waals surface area contributed by atoms with Gasteiger partial charge in [-0.2, -0.15) is 0 Å². The van der Waals surface area contributed by atoms with E-state index < -0.39 is 17.9 Å². The highest BCUT2D eigenvalue weighted by Crippen LogP contribution is 2.57. The number of carbonyl (C=O) groups is 2. The van der Waals surface area contributed by atoms with Crippen LogP contribution in [0.2, 0.25) is 0 Å². The zero-order valence-electron chi connectivity index (χ0n) is 10.7. The van der Waals surface area contributed by atoms with Gasteiger partial charge in [0.1, 0.15) is 6.10 Å². The first-order chi connectivity index (χ1) is 8.43. The second-order valence-corrected chi connectivity index (χ2v) is 5.70. The Bertz CT molecular complexity index is 421. The van der Waals surface area contributed by atoms with Gasteiger partial charge < -0.3 is 9.84 Å². The third-order valence-electron chi connectivity index (χ3n) is 4.00. The Morgan fingerprint density at radius 2 is 1.89 bits per heavy atom. The SMILES string of the molecule is CC1(C)[C@H](C(=O)O)[C@@H]1C#CC(=O)OC1CCCC1. The van der Waals surface area contributed by atoms with Crippen molar-refractivity contribution in [1.82, 2.24) is 0 Å². The van der Waals surface area contributed by atoms with Gasteiger partial charge in [0.05, 0.1) is 5.92 Å². The molecular weight excluding hydrogens is 232 g/mol. The smallest absolute Gasteiger partial charge is 0.384 e. The number of carboxylic acid groups (broad SMARTS) is 1. The van der Waals surface area contributed by atoms with Crippen LogP contribution in [0.4, 0.5) is 0 Å². The Balaban J connectivity index is 1.88. The second kappa shape index (κ2) is 4.64. The quantitative estimate of drug-likeness (QED) is 0.461. The minimum atomic E-state index is -0.844. The number of esters is 1. The maximum atomic E-state index is 11.5. The van der Waals surface area contributed by atoms with Crippen LogP contribution < -0.4 is 0 Å². The molecule has 2 aliphatic rings. The minimum absolute atomic E-state index is 0.00860. The van der Waals surface area contributed by atoms with E-state index >= 15 is 0 Å². The lowest BCUT2D eigenvalue weighted by atomic mass is 10.1. The molecule has 1 N–H and O–H groups in total. The molecule has 2 fully saturated rings. The fourth-order valence-electron chi connectivity index (χ4n) is 2.69. The van der Waals surface area contributed by atoms with Crippen LogP contribution in [0.5, 0.6) is 0 Å². The van der Waals surface area contributed by atoms with Gasteiger partial charge in [-0.05, 0) is 31.1 Å². The van der Waals surface area contributed by atoms with Gasteiger partial charge in [-0.1, -0.05) is 19.8 Å². The molecule has 0 unspecified atom stereocenters. The van der Waals surface area contributed by atoms with Crippen LogP contribution >= 0.6 is 0 Å². The van der Waals surface area contributed by atoms with Crippen molar-refractivity contribution >= 4 is 11.9 Å². The summed E-state index contributed by atoms with van der Waals surface area (Å²) in [6.45, 7) is 3.71. The molecule has 2 saturated carbocycles. The van der Waals surface area contributed by atoms with Gasteiger partial charge in [0, 0.05) is 11.8 Å². The normalized spacial score (nSPS) is 29.2. The monoisotopic (exact) mass is 250 g/mol. The summed E-state index contributed by atoms with van der Waals surface area (Å²) in [7, 11) is 0. The van der Waals surface area contributed by atoms with Crippen molar-refractivity contribution in [2.75, 3.05) is 0 Å². The lowest BCUT2D eigenvalue weighted by Crippen LogP contribution is -2.12. The van der Waals surface area contributed by atoms with Crippen LogP contribution in [0.1, 0.15) is 39.5 Å². The first kappa shape index (κ1) is 12.9. The van der Waals surface area contributed by atoms with Crippen molar-refractivity contribution in [3.05, 3.63) is 0 Å². The number of aliphatic carboxylic acids is 1. The topological polar surface area (TPSA) is 63.6 Å². The number of hydrogen-bond donors (Lipinski definition) is 1. The lowest BCUT2D eigenvalue weighted by Gasteiger charge is -2.06. The van der Waals surface area contributed by atoms with E-state index in [1.165, 1.54) is 0 Å². The van der Waals surface area contributed by atoms with Gasteiger partial charge >= 0.3 is 11.9 Å². The van der Waals surface area contributed by atoms with E-state index in [0.717, 1.165) is 25.7 Å². The molecule has 4 nitrogen and oxygen atoms in total. The van der Waals surface area contributed by atoms with E-state index in [2.05, 4.69) is 11.8 Å². The fraction of sp³-hybridized carbons (Fsp3) is 0.714. The Kier molecular flexibility index (Phi) is 3.34. The molecule has 0 aromatic rings. The van der Waals surface area contributed by atoms with E-state index in [9.17, 15) is 9.59 Å². The van der Waals surface area contributed by atoms with Gasteiger partial charge in [0.2, 0.25) is 0 Å². The molecule has 4 heteroatoms. The van der Waals surface area contributed by atoms with Gasteiger partial charge in [-0.3, -0.25) is 4.79 Å². The van der Waals surface area contributed by atoms with Crippen LogP contribution in [0, 0.1) is 29.1 Å². The zero-order chi connectivity index (χ0) is 13.3. The molecule has 98 valence electrons. The highest BCUT2D eigenvalue weighted by atomic mass is 16.5. The summed E-state index contributed by atoms with van der Waals surface area (Å²) >= 11 is 0. The molecule has 0 amide bonds. The lowest BCUT2D eigenvalue weighted by molar-refractivity contribution is -0.142. The molecule has 0 bridgehead atoms. The molecule has 2 aliphatic carbocycles. The average Bonchev–Trinajstić information content (AvgIpc) is 2.63. The molecular formula is C14H18O4. The molecule has 0 aromatic carbocycles. The molecule has 0 aromatic heterocycles. The van der Waals surface area contributed by atoms with E-state index in [-0.39, 0.29) is 17.4 Å². The zero-order valence-corrected chi connectivity index (χ0v) is 10.7. The number of carbonyl (C=O) groups excluding carboxylic acids is 1. The van der Waals surface area contributed by atoms with Crippen LogP contribution in [-0.2, 0) is 14.3 Å². The minimum Gasteiger partial charge on any atom is -0.481 e. The first-order valence-corrected chi connectivity index (χ1v) is 6.38. The van der Waals surface area contributed by atoms with Gasteiger partial charge in [0.25, 0.3) is 0 Å². The molecule has 2 rings (SSSR count). The van der Waals surface area contributed by atoms with Crippen molar-refractivity contribution in [2.24, 2.45) is 17.3 Å². The summed E-state index contributed by atoms with van der Waals surface area (Å²) < 4.78 is 5.19. The number of carboxylic acids is 1. The Labute approximate surface area is 107 Å². The first-order valence-electron chi connectivity index (χ1n) is 6.38. The molecule has 0 aliphatic heterocycles. The number of hydrogen-bond acceptors (Lipinski definition) is 3. The number of ether oxygens (including phenoxy) is 1. The predicted molar refractivity (Wildman–Crippen MR) is 64.5 cm³/mol. The molecule has 0 spiro atoms. The molecule has 2 atom stereocenters. The maximum Gasteiger partial charge on any atom is 0.384 e. The Morgan fingerprint density at radius 3 is 2.39 bits per heavy atom. The van der Waals surface area contributed by atoms with Gasteiger partial charge in [-0.15, -0.1) is 0 Å². The van der Waals surface area contributed by atoms with Crippen LogP contribution in [0.15, 0.2) is 0 Å². The largest absolute Gasteiger partial charge is 0.481 e. The summed E-state index contributed by atoms with van der Waals surface area (Å²) in [6.07, 6.45) is 4.04. The van der Waals surface area contributed by atoms with E-state index in [0.29, 0.717) is 0 Å². The van der Waals surface area contributed by atoms with Crippen LogP contribution in [-0.4, -0.2) is 23.1 Å².